The fourth-order valence-electron chi connectivity index (χ4n) is 2.68. The molecule has 0 radical (unpaired) electrons. The summed E-state index contributed by atoms with van der Waals surface area (Å²) in [5.74, 6) is 0.426. The molecule has 0 heterocycles. The van der Waals surface area contributed by atoms with E-state index in [1.165, 1.54) is 5.56 Å². The van der Waals surface area contributed by atoms with Crippen LogP contribution in [0.1, 0.15) is 58.2 Å². The predicted octanol–water partition coefficient (Wildman–Crippen LogP) is 5.60. The molecular weight excluding hydrogens is 282 g/mol. The SMILES string of the molecule is CC(C)(C)c1cc(NCc2ccccc2)cc(C(C)(C)C)c1O. The van der Waals surface area contributed by atoms with Gasteiger partial charge in [0.2, 0.25) is 0 Å². The zero-order valence-corrected chi connectivity index (χ0v) is 15.2. The molecule has 2 heteroatoms. The highest BCUT2D eigenvalue weighted by molar-refractivity contribution is 5.59. The highest BCUT2D eigenvalue weighted by Crippen LogP contribution is 2.41. The second kappa shape index (κ2) is 6.27. The molecule has 2 rings (SSSR count). The fraction of sp³-hybridized carbons (Fsp3) is 0.429. The summed E-state index contributed by atoms with van der Waals surface area (Å²) in [6, 6.07) is 14.5. The Balaban J connectivity index is 2.40. The van der Waals surface area contributed by atoms with E-state index in [-0.39, 0.29) is 10.8 Å². The van der Waals surface area contributed by atoms with Gasteiger partial charge in [-0.05, 0) is 28.5 Å². The lowest BCUT2D eigenvalue weighted by Gasteiger charge is -2.28. The van der Waals surface area contributed by atoms with Crippen molar-refractivity contribution in [2.24, 2.45) is 0 Å². The lowest BCUT2D eigenvalue weighted by molar-refractivity contribution is 0.423. The lowest BCUT2D eigenvalue weighted by Crippen LogP contribution is -2.18. The zero-order valence-electron chi connectivity index (χ0n) is 15.2. The van der Waals surface area contributed by atoms with E-state index >= 15 is 0 Å². The van der Waals surface area contributed by atoms with Crippen molar-refractivity contribution < 1.29 is 5.11 Å². The normalized spacial score (nSPS) is 12.3. The van der Waals surface area contributed by atoms with Crippen LogP contribution in [0.4, 0.5) is 5.69 Å². The van der Waals surface area contributed by atoms with Crippen molar-refractivity contribution in [2.75, 3.05) is 5.32 Å². The average molecular weight is 311 g/mol. The first-order valence-corrected chi connectivity index (χ1v) is 8.25. The van der Waals surface area contributed by atoms with Gasteiger partial charge in [0.15, 0.2) is 0 Å². The van der Waals surface area contributed by atoms with E-state index in [0.717, 1.165) is 23.4 Å². The minimum Gasteiger partial charge on any atom is -0.507 e. The van der Waals surface area contributed by atoms with Gasteiger partial charge in [0.25, 0.3) is 0 Å². The molecule has 2 aromatic carbocycles. The van der Waals surface area contributed by atoms with Crippen LogP contribution in [0, 0.1) is 0 Å². The Kier molecular flexibility index (Phi) is 4.74. The second-order valence-corrected chi connectivity index (χ2v) is 8.26. The van der Waals surface area contributed by atoms with Crippen LogP contribution in [0.2, 0.25) is 0 Å². The predicted molar refractivity (Wildman–Crippen MR) is 99.3 cm³/mol. The summed E-state index contributed by atoms with van der Waals surface area (Å²) >= 11 is 0. The standard InChI is InChI=1S/C21H29NO/c1-20(2,3)17-12-16(13-18(19(17)23)21(4,5)6)22-14-15-10-8-7-9-11-15/h7-13,22-23H,14H2,1-6H3. The third-order valence-electron chi connectivity index (χ3n) is 4.07. The van der Waals surface area contributed by atoms with Crippen LogP contribution in [0.3, 0.4) is 0 Å². The number of phenols is 1. The molecule has 124 valence electrons. The van der Waals surface area contributed by atoms with Crippen LogP contribution >= 0.6 is 0 Å². The molecule has 0 bridgehead atoms. The van der Waals surface area contributed by atoms with Gasteiger partial charge >= 0.3 is 0 Å². The van der Waals surface area contributed by atoms with Gasteiger partial charge in [0.05, 0.1) is 0 Å². The molecule has 0 saturated carbocycles. The van der Waals surface area contributed by atoms with Crippen LogP contribution in [0.15, 0.2) is 42.5 Å². The van der Waals surface area contributed by atoms with Crippen molar-refractivity contribution in [1.82, 2.24) is 0 Å². The van der Waals surface area contributed by atoms with Gasteiger partial charge in [-0.25, -0.2) is 0 Å². The molecule has 0 unspecified atom stereocenters. The van der Waals surface area contributed by atoms with Gasteiger partial charge in [0, 0.05) is 23.4 Å². The van der Waals surface area contributed by atoms with E-state index < -0.39 is 0 Å². The number of nitrogens with one attached hydrogen (secondary N) is 1. The molecule has 0 amide bonds. The Morgan fingerprint density at radius 3 is 1.74 bits per heavy atom. The van der Waals surface area contributed by atoms with Gasteiger partial charge in [-0.15, -0.1) is 0 Å². The summed E-state index contributed by atoms with van der Waals surface area (Å²) in [4.78, 5) is 0. The van der Waals surface area contributed by atoms with E-state index in [1.54, 1.807) is 0 Å². The number of rotatable bonds is 3. The Morgan fingerprint density at radius 1 is 0.826 bits per heavy atom. The average Bonchev–Trinajstić information content (AvgIpc) is 2.44. The minimum atomic E-state index is -0.103. The molecule has 0 aliphatic carbocycles. The first kappa shape index (κ1) is 17.4. The van der Waals surface area contributed by atoms with Gasteiger partial charge in [-0.1, -0.05) is 71.9 Å². The van der Waals surface area contributed by atoms with Crippen molar-refractivity contribution in [1.29, 1.82) is 0 Å². The number of hydrogen-bond acceptors (Lipinski definition) is 2. The van der Waals surface area contributed by atoms with Crippen LogP contribution in [0.25, 0.3) is 0 Å². The number of anilines is 1. The quantitative estimate of drug-likeness (QED) is 0.723. The third-order valence-corrected chi connectivity index (χ3v) is 4.07. The van der Waals surface area contributed by atoms with Crippen molar-refractivity contribution in [3.05, 3.63) is 59.2 Å². The number of hydrogen-bond donors (Lipinski definition) is 2. The first-order chi connectivity index (χ1) is 10.6. The molecule has 0 aromatic heterocycles. The summed E-state index contributed by atoms with van der Waals surface area (Å²) in [6.07, 6.45) is 0. The zero-order chi connectivity index (χ0) is 17.3. The highest BCUT2D eigenvalue weighted by Gasteiger charge is 2.26. The van der Waals surface area contributed by atoms with Crippen LogP contribution in [0.5, 0.6) is 5.75 Å². The maximum Gasteiger partial charge on any atom is 0.123 e. The molecule has 0 aliphatic rings. The molecule has 0 saturated heterocycles. The van der Waals surface area contributed by atoms with Crippen LogP contribution in [-0.4, -0.2) is 5.11 Å². The summed E-state index contributed by atoms with van der Waals surface area (Å²) in [5.41, 5.74) is 4.07. The van der Waals surface area contributed by atoms with E-state index in [2.05, 4.69) is 83.3 Å². The Morgan fingerprint density at radius 2 is 1.30 bits per heavy atom. The molecule has 2 nitrogen and oxygen atoms in total. The van der Waals surface area contributed by atoms with Crippen molar-refractivity contribution >= 4 is 5.69 Å². The van der Waals surface area contributed by atoms with Crippen molar-refractivity contribution in [3.8, 4) is 5.75 Å². The topological polar surface area (TPSA) is 32.3 Å². The molecule has 0 spiro atoms. The lowest BCUT2D eigenvalue weighted by atomic mass is 9.79. The maximum absolute atomic E-state index is 10.7. The fourth-order valence-corrected chi connectivity index (χ4v) is 2.68. The maximum atomic E-state index is 10.7. The van der Waals surface area contributed by atoms with E-state index in [0.29, 0.717) is 5.75 Å². The second-order valence-electron chi connectivity index (χ2n) is 8.26. The van der Waals surface area contributed by atoms with E-state index in [4.69, 9.17) is 0 Å². The van der Waals surface area contributed by atoms with Gasteiger partial charge < -0.3 is 10.4 Å². The Hall–Kier alpha value is -1.96. The summed E-state index contributed by atoms with van der Waals surface area (Å²) < 4.78 is 0. The van der Waals surface area contributed by atoms with Gasteiger partial charge in [-0.2, -0.15) is 0 Å². The van der Waals surface area contributed by atoms with Crippen LogP contribution < -0.4 is 5.32 Å². The number of benzene rings is 2. The molecule has 23 heavy (non-hydrogen) atoms. The summed E-state index contributed by atoms with van der Waals surface area (Å²) in [6.45, 7) is 13.6. The Bertz CT molecular complexity index is 625. The summed E-state index contributed by atoms with van der Waals surface area (Å²) in [7, 11) is 0. The summed E-state index contributed by atoms with van der Waals surface area (Å²) in [5, 5.41) is 14.2. The third kappa shape index (κ3) is 4.28. The van der Waals surface area contributed by atoms with Crippen molar-refractivity contribution in [2.45, 2.75) is 58.9 Å². The molecular formula is C21H29NO. The van der Waals surface area contributed by atoms with Gasteiger partial charge in [-0.3, -0.25) is 0 Å². The minimum absolute atomic E-state index is 0.103. The van der Waals surface area contributed by atoms with E-state index in [9.17, 15) is 5.11 Å². The molecule has 0 atom stereocenters. The van der Waals surface area contributed by atoms with Crippen molar-refractivity contribution in [3.63, 3.8) is 0 Å². The number of phenolic OH excluding ortho intramolecular Hbond substituents is 1. The highest BCUT2D eigenvalue weighted by atomic mass is 16.3. The Labute approximate surface area is 140 Å². The first-order valence-electron chi connectivity index (χ1n) is 8.25. The van der Waals surface area contributed by atoms with Crippen LogP contribution in [-0.2, 0) is 17.4 Å². The molecule has 0 fully saturated rings. The molecule has 0 aliphatic heterocycles. The largest absolute Gasteiger partial charge is 0.507 e. The molecule has 2 aromatic rings. The van der Waals surface area contributed by atoms with Gasteiger partial charge in [0.1, 0.15) is 5.75 Å². The smallest absolute Gasteiger partial charge is 0.123 e. The molecule has 2 N–H and O–H groups in total. The van der Waals surface area contributed by atoms with E-state index in [1.807, 2.05) is 6.07 Å². The number of aromatic hydroxyl groups is 1. The monoisotopic (exact) mass is 311 g/mol.